The number of methoxy groups -OCH3 is 1. The van der Waals surface area contributed by atoms with E-state index < -0.39 is 0 Å². The molecule has 0 unspecified atom stereocenters. The average molecular weight is 253 g/mol. The first kappa shape index (κ1) is 12.8. The monoisotopic (exact) mass is 253 g/mol. The van der Waals surface area contributed by atoms with Crippen molar-refractivity contribution in [2.24, 2.45) is 0 Å². The fraction of sp³-hybridized carbons (Fsp3) is 0.727. The lowest BCUT2D eigenvalue weighted by Gasteiger charge is -2.28. The molecule has 0 amide bonds. The molecule has 1 fully saturated rings. The predicted octanol–water partition coefficient (Wildman–Crippen LogP) is 0.395. The first-order valence-corrected chi connectivity index (χ1v) is 6.04. The maximum atomic E-state index is 5.78. The zero-order chi connectivity index (χ0) is 13.0. The Hall–Kier alpha value is -1.63. The fourth-order valence-electron chi connectivity index (χ4n) is 1.85. The first-order valence-electron chi connectivity index (χ1n) is 6.04. The third kappa shape index (κ3) is 3.19. The summed E-state index contributed by atoms with van der Waals surface area (Å²) in [7, 11) is 5.38. The van der Waals surface area contributed by atoms with E-state index in [1.165, 1.54) is 7.11 Å². The molecule has 1 saturated heterocycles. The Morgan fingerprint density at radius 1 is 1.17 bits per heavy atom. The molecular weight excluding hydrogens is 234 g/mol. The molecule has 0 aliphatic carbocycles. The number of likely N-dealkylation sites (tertiary alicyclic amines) is 1. The van der Waals surface area contributed by atoms with E-state index in [2.05, 4.69) is 32.2 Å². The third-order valence-corrected chi connectivity index (χ3v) is 2.94. The summed E-state index contributed by atoms with van der Waals surface area (Å²) in [5.41, 5.74) is 0. The standard InChI is InChI=1S/C11H19N5O2/c1-12-9-13-10(17-3)15-11(14-9)18-8-4-6-16(2)7-5-8/h8H,4-7H2,1-3H3,(H,12,13,14,15). The zero-order valence-corrected chi connectivity index (χ0v) is 11.0. The molecule has 1 aromatic rings. The van der Waals surface area contributed by atoms with Gasteiger partial charge in [0.05, 0.1) is 7.11 Å². The van der Waals surface area contributed by atoms with Crippen LogP contribution in [0, 0.1) is 0 Å². The van der Waals surface area contributed by atoms with Gasteiger partial charge in [-0.2, -0.15) is 9.97 Å². The van der Waals surface area contributed by atoms with E-state index in [1.54, 1.807) is 7.05 Å². The van der Waals surface area contributed by atoms with Crippen molar-refractivity contribution >= 4 is 5.95 Å². The number of nitrogens with one attached hydrogen (secondary N) is 1. The van der Waals surface area contributed by atoms with Gasteiger partial charge in [-0.1, -0.05) is 0 Å². The van der Waals surface area contributed by atoms with Crippen LogP contribution in [0.25, 0.3) is 0 Å². The molecule has 100 valence electrons. The molecule has 0 radical (unpaired) electrons. The van der Waals surface area contributed by atoms with Gasteiger partial charge in [0.25, 0.3) is 0 Å². The van der Waals surface area contributed by atoms with Crippen molar-refractivity contribution < 1.29 is 9.47 Å². The minimum absolute atomic E-state index is 0.165. The number of hydrogen-bond acceptors (Lipinski definition) is 7. The third-order valence-electron chi connectivity index (χ3n) is 2.94. The number of aromatic nitrogens is 3. The molecule has 0 saturated carbocycles. The summed E-state index contributed by atoms with van der Waals surface area (Å²) in [6.07, 6.45) is 2.14. The Morgan fingerprint density at radius 2 is 1.83 bits per heavy atom. The Labute approximate surface area is 107 Å². The summed E-state index contributed by atoms with van der Waals surface area (Å²) in [5.74, 6) is 0.449. The summed E-state index contributed by atoms with van der Waals surface area (Å²) in [6, 6.07) is 0.582. The van der Waals surface area contributed by atoms with Gasteiger partial charge < -0.3 is 19.7 Å². The lowest BCUT2D eigenvalue weighted by atomic mass is 10.1. The maximum absolute atomic E-state index is 5.78. The van der Waals surface area contributed by atoms with Crippen molar-refractivity contribution in [2.45, 2.75) is 18.9 Å². The minimum atomic E-state index is 0.165. The Balaban J connectivity index is 2.03. The van der Waals surface area contributed by atoms with E-state index in [0.717, 1.165) is 25.9 Å². The largest absolute Gasteiger partial charge is 0.467 e. The van der Waals surface area contributed by atoms with E-state index in [4.69, 9.17) is 9.47 Å². The average Bonchev–Trinajstić information content (AvgIpc) is 2.41. The molecule has 7 nitrogen and oxygen atoms in total. The number of piperidine rings is 1. The van der Waals surface area contributed by atoms with Gasteiger partial charge >= 0.3 is 12.0 Å². The quantitative estimate of drug-likeness (QED) is 0.832. The molecule has 1 N–H and O–H groups in total. The van der Waals surface area contributed by atoms with Crippen LogP contribution in [0.15, 0.2) is 0 Å². The number of nitrogens with zero attached hydrogens (tertiary/aromatic N) is 4. The topological polar surface area (TPSA) is 72.4 Å². The van der Waals surface area contributed by atoms with Crippen LogP contribution in [-0.2, 0) is 0 Å². The summed E-state index contributed by atoms with van der Waals surface area (Å²) < 4.78 is 10.8. The summed E-state index contributed by atoms with van der Waals surface area (Å²) >= 11 is 0. The van der Waals surface area contributed by atoms with Gasteiger partial charge in [-0.05, 0) is 19.9 Å². The highest BCUT2D eigenvalue weighted by Gasteiger charge is 2.19. The molecule has 7 heteroatoms. The Kier molecular flexibility index (Phi) is 4.14. The summed E-state index contributed by atoms with van der Waals surface area (Å²) in [4.78, 5) is 14.6. The van der Waals surface area contributed by atoms with Crippen LogP contribution in [0.2, 0.25) is 0 Å². The van der Waals surface area contributed by atoms with Crippen LogP contribution in [-0.4, -0.2) is 60.3 Å². The van der Waals surface area contributed by atoms with Crippen LogP contribution in [0.1, 0.15) is 12.8 Å². The SMILES string of the molecule is CNc1nc(OC)nc(OC2CCN(C)CC2)n1. The summed E-state index contributed by atoms with van der Waals surface area (Å²) in [6.45, 7) is 2.07. The van der Waals surface area contributed by atoms with Gasteiger partial charge in [-0.25, -0.2) is 0 Å². The Bertz CT molecular complexity index is 371. The van der Waals surface area contributed by atoms with E-state index >= 15 is 0 Å². The van der Waals surface area contributed by atoms with Crippen LogP contribution >= 0.6 is 0 Å². The molecule has 1 aliphatic rings. The van der Waals surface area contributed by atoms with Crippen molar-refractivity contribution in [3.8, 4) is 12.0 Å². The van der Waals surface area contributed by atoms with E-state index in [0.29, 0.717) is 12.0 Å². The van der Waals surface area contributed by atoms with E-state index in [-0.39, 0.29) is 12.1 Å². The fourth-order valence-corrected chi connectivity index (χ4v) is 1.85. The van der Waals surface area contributed by atoms with Gasteiger partial charge in [0, 0.05) is 20.1 Å². The molecule has 1 aliphatic heterocycles. The van der Waals surface area contributed by atoms with Crippen LogP contribution in [0.5, 0.6) is 12.0 Å². The van der Waals surface area contributed by atoms with E-state index in [9.17, 15) is 0 Å². The van der Waals surface area contributed by atoms with Gasteiger partial charge in [0.2, 0.25) is 5.95 Å². The highest BCUT2D eigenvalue weighted by Crippen LogP contribution is 2.17. The number of ether oxygens (including phenoxy) is 2. The number of rotatable bonds is 4. The number of hydrogen-bond donors (Lipinski definition) is 1. The smallest absolute Gasteiger partial charge is 0.324 e. The van der Waals surface area contributed by atoms with Crippen LogP contribution in [0.4, 0.5) is 5.95 Å². The molecule has 0 atom stereocenters. The second-order valence-electron chi connectivity index (χ2n) is 4.30. The highest BCUT2D eigenvalue weighted by molar-refractivity contribution is 5.26. The minimum Gasteiger partial charge on any atom is -0.467 e. The molecule has 18 heavy (non-hydrogen) atoms. The van der Waals surface area contributed by atoms with Gasteiger partial charge in [-0.15, -0.1) is 4.98 Å². The zero-order valence-electron chi connectivity index (χ0n) is 11.0. The summed E-state index contributed by atoms with van der Waals surface area (Å²) in [5, 5.41) is 2.86. The molecule has 0 spiro atoms. The lowest BCUT2D eigenvalue weighted by molar-refractivity contribution is 0.104. The van der Waals surface area contributed by atoms with Crippen molar-refractivity contribution in [3.05, 3.63) is 0 Å². The normalized spacial score (nSPS) is 17.5. The van der Waals surface area contributed by atoms with Gasteiger partial charge in [0.15, 0.2) is 0 Å². The second kappa shape index (κ2) is 5.81. The van der Waals surface area contributed by atoms with Crippen molar-refractivity contribution in [1.82, 2.24) is 19.9 Å². The highest BCUT2D eigenvalue weighted by atomic mass is 16.5. The van der Waals surface area contributed by atoms with Crippen molar-refractivity contribution in [3.63, 3.8) is 0 Å². The molecule has 1 aromatic heterocycles. The maximum Gasteiger partial charge on any atom is 0.324 e. The molecule has 0 bridgehead atoms. The Morgan fingerprint density at radius 3 is 2.44 bits per heavy atom. The van der Waals surface area contributed by atoms with E-state index in [1.807, 2.05) is 0 Å². The molecule has 2 rings (SSSR count). The van der Waals surface area contributed by atoms with Crippen LogP contribution < -0.4 is 14.8 Å². The second-order valence-corrected chi connectivity index (χ2v) is 4.30. The predicted molar refractivity (Wildman–Crippen MR) is 67.1 cm³/mol. The van der Waals surface area contributed by atoms with Crippen LogP contribution in [0.3, 0.4) is 0 Å². The molecule has 0 aromatic carbocycles. The molecular formula is C11H19N5O2. The van der Waals surface area contributed by atoms with Gasteiger partial charge in [-0.3, -0.25) is 0 Å². The lowest BCUT2D eigenvalue weighted by Crippen LogP contribution is -2.36. The first-order chi connectivity index (χ1) is 8.71. The van der Waals surface area contributed by atoms with Gasteiger partial charge in [0.1, 0.15) is 6.10 Å². The van der Waals surface area contributed by atoms with Crippen molar-refractivity contribution in [1.29, 1.82) is 0 Å². The number of anilines is 1. The van der Waals surface area contributed by atoms with Crippen molar-refractivity contribution in [2.75, 3.05) is 39.6 Å². The molecule has 2 heterocycles.